The van der Waals surface area contributed by atoms with Gasteiger partial charge in [-0.3, -0.25) is 0 Å². The first-order valence-electron chi connectivity index (χ1n) is 6.98. The van der Waals surface area contributed by atoms with Crippen molar-refractivity contribution in [2.75, 3.05) is 32.8 Å². The Morgan fingerprint density at radius 3 is 2.60 bits per heavy atom. The second-order valence-electron chi connectivity index (χ2n) is 5.95. The zero-order chi connectivity index (χ0) is 14.1. The van der Waals surface area contributed by atoms with Crippen LogP contribution in [0.25, 0.3) is 0 Å². The van der Waals surface area contributed by atoms with Crippen LogP contribution in [0, 0.1) is 0 Å². The van der Waals surface area contributed by atoms with Crippen LogP contribution in [0.2, 0.25) is 0 Å². The molecule has 2 N–H and O–H groups in total. The molecule has 20 heavy (non-hydrogen) atoms. The fraction of sp³-hybridized carbons (Fsp3) is 1.00. The molecule has 0 aliphatic carbocycles. The maximum Gasteiger partial charge on any atom is 0.282 e. The van der Waals surface area contributed by atoms with E-state index in [1.165, 1.54) is 0 Å². The van der Waals surface area contributed by atoms with E-state index in [2.05, 4.69) is 0 Å². The van der Waals surface area contributed by atoms with Crippen LogP contribution in [0.3, 0.4) is 0 Å². The molecule has 120 valence electrons. The Balaban J connectivity index is 0.00000200. The fourth-order valence-corrected chi connectivity index (χ4v) is 4.84. The zero-order valence-electron chi connectivity index (χ0n) is 12.2. The molecule has 1 unspecified atom stereocenters. The van der Waals surface area contributed by atoms with Crippen molar-refractivity contribution in [3.05, 3.63) is 0 Å². The molecule has 1 atom stereocenters. The largest absolute Gasteiger partial charge is 0.373 e. The summed E-state index contributed by atoms with van der Waals surface area (Å²) >= 11 is 0. The van der Waals surface area contributed by atoms with Crippen molar-refractivity contribution in [3.63, 3.8) is 0 Å². The number of nitrogens with zero attached hydrogens (tertiary/aromatic N) is 2. The van der Waals surface area contributed by atoms with Crippen molar-refractivity contribution in [2.45, 2.75) is 44.8 Å². The van der Waals surface area contributed by atoms with Crippen molar-refractivity contribution in [1.82, 2.24) is 8.61 Å². The lowest BCUT2D eigenvalue weighted by atomic mass is 10.1. The summed E-state index contributed by atoms with van der Waals surface area (Å²) in [5.41, 5.74) is 5.31. The summed E-state index contributed by atoms with van der Waals surface area (Å²) in [6, 6.07) is -0.0512. The van der Waals surface area contributed by atoms with Gasteiger partial charge in [-0.05, 0) is 26.7 Å². The minimum absolute atomic E-state index is 0. The lowest BCUT2D eigenvalue weighted by Gasteiger charge is -2.42. The van der Waals surface area contributed by atoms with Crippen LogP contribution < -0.4 is 5.73 Å². The lowest BCUT2D eigenvalue weighted by Crippen LogP contribution is -2.58. The van der Waals surface area contributed by atoms with Gasteiger partial charge in [0.15, 0.2) is 0 Å². The summed E-state index contributed by atoms with van der Waals surface area (Å²) in [4.78, 5) is 0. The third-order valence-electron chi connectivity index (χ3n) is 3.86. The Bertz CT molecular complexity index is 416. The molecule has 0 bridgehead atoms. The number of halogens is 1. The van der Waals surface area contributed by atoms with Gasteiger partial charge in [0.05, 0.1) is 12.2 Å². The van der Waals surface area contributed by atoms with Crippen molar-refractivity contribution in [2.24, 2.45) is 5.73 Å². The number of hydrogen-bond acceptors (Lipinski definition) is 4. The Labute approximate surface area is 128 Å². The summed E-state index contributed by atoms with van der Waals surface area (Å²) in [7, 11) is -3.41. The Morgan fingerprint density at radius 1 is 1.30 bits per heavy atom. The van der Waals surface area contributed by atoms with Crippen LogP contribution in [-0.4, -0.2) is 61.5 Å². The first-order chi connectivity index (χ1) is 8.87. The second kappa shape index (κ2) is 6.89. The molecule has 6 nitrogen and oxygen atoms in total. The zero-order valence-corrected chi connectivity index (χ0v) is 13.9. The highest BCUT2D eigenvalue weighted by atomic mass is 35.5. The van der Waals surface area contributed by atoms with Crippen LogP contribution in [0.5, 0.6) is 0 Å². The molecule has 0 aromatic carbocycles. The van der Waals surface area contributed by atoms with Gasteiger partial charge in [0, 0.05) is 32.2 Å². The topological polar surface area (TPSA) is 75.9 Å². The minimum Gasteiger partial charge on any atom is -0.373 e. The molecule has 2 aliphatic rings. The van der Waals surface area contributed by atoms with E-state index < -0.39 is 15.8 Å². The first-order valence-corrected chi connectivity index (χ1v) is 8.37. The number of nitrogens with two attached hydrogens (primary N) is 1. The van der Waals surface area contributed by atoms with Gasteiger partial charge in [-0.25, -0.2) is 0 Å². The summed E-state index contributed by atoms with van der Waals surface area (Å²) in [6.07, 6.45) is 2.84. The number of morpholine rings is 1. The summed E-state index contributed by atoms with van der Waals surface area (Å²) in [5, 5.41) is 0. The van der Waals surface area contributed by atoms with E-state index >= 15 is 0 Å². The number of piperidine rings is 1. The van der Waals surface area contributed by atoms with E-state index in [4.69, 9.17) is 10.5 Å². The van der Waals surface area contributed by atoms with Gasteiger partial charge in [0.2, 0.25) is 0 Å². The molecule has 0 saturated carbocycles. The quantitative estimate of drug-likeness (QED) is 0.822. The molecule has 2 fully saturated rings. The van der Waals surface area contributed by atoms with Gasteiger partial charge in [0.1, 0.15) is 0 Å². The first kappa shape index (κ1) is 18.1. The Kier molecular flexibility index (Phi) is 6.25. The predicted octanol–water partition coefficient (Wildman–Crippen LogP) is 0.577. The molecular weight excluding hydrogens is 302 g/mol. The molecule has 0 amide bonds. The normalized spacial score (nSPS) is 28.9. The van der Waals surface area contributed by atoms with E-state index in [1.54, 1.807) is 8.61 Å². The molecule has 8 heteroatoms. The summed E-state index contributed by atoms with van der Waals surface area (Å²) in [5.74, 6) is 0. The van der Waals surface area contributed by atoms with Gasteiger partial charge >= 0.3 is 0 Å². The highest BCUT2D eigenvalue weighted by Gasteiger charge is 2.40. The predicted molar refractivity (Wildman–Crippen MR) is 81.2 cm³/mol. The Hall–Kier alpha value is 0.0800. The van der Waals surface area contributed by atoms with Gasteiger partial charge in [-0.2, -0.15) is 17.0 Å². The van der Waals surface area contributed by atoms with E-state index in [0.717, 1.165) is 19.3 Å². The van der Waals surface area contributed by atoms with Gasteiger partial charge < -0.3 is 10.5 Å². The maximum atomic E-state index is 12.7. The van der Waals surface area contributed by atoms with Crippen molar-refractivity contribution in [3.8, 4) is 0 Å². The molecular formula is C12H26ClN3O3S. The molecule has 2 heterocycles. The van der Waals surface area contributed by atoms with Gasteiger partial charge in [-0.1, -0.05) is 6.42 Å². The van der Waals surface area contributed by atoms with Crippen LogP contribution in [0.15, 0.2) is 0 Å². The molecule has 0 aromatic rings. The average molecular weight is 328 g/mol. The van der Waals surface area contributed by atoms with E-state index in [-0.39, 0.29) is 18.4 Å². The minimum atomic E-state index is -3.41. The average Bonchev–Trinajstić information content (AvgIpc) is 2.37. The smallest absolute Gasteiger partial charge is 0.282 e. The number of rotatable bonds is 3. The van der Waals surface area contributed by atoms with E-state index in [1.807, 2.05) is 13.8 Å². The van der Waals surface area contributed by atoms with Crippen molar-refractivity contribution < 1.29 is 13.2 Å². The van der Waals surface area contributed by atoms with Crippen LogP contribution in [-0.2, 0) is 14.9 Å². The molecule has 2 aliphatic heterocycles. The lowest BCUT2D eigenvalue weighted by molar-refractivity contribution is -0.0656. The van der Waals surface area contributed by atoms with E-state index in [9.17, 15) is 8.42 Å². The molecule has 0 spiro atoms. The SMILES string of the molecule is CC1(C)CN(S(=O)(=O)N2CCCCC2CN)CCO1.Cl. The summed E-state index contributed by atoms with van der Waals surface area (Å²) < 4.78 is 34.2. The van der Waals surface area contributed by atoms with Gasteiger partial charge in [0.25, 0.3) is 10.2 Å². The number of hydrogen-bond donors (Lipinski definition) is 1. The molecule has 0 aromatic heterocycles. The van der Waals surface area contributed by atoms with Crippen LogP contribution in [0.1, 0.15) is 33.1 Å². The standard InChI is InChI=1S/C12H25N3O3S.ClH/c1-12(2)10-14(7-8-18-12)19(16,17)15-6-4-3-5-11(15)9-13;/h11H,3-10,13H2,1-2H3;1H. The van der Waals surface area contributed by atoms with Crippen LogP contribution in [0.4, 0.5) is 0 Å². The molecule has 0 radical (unpaired) electrons. The maximum absolute atomic E-state index is 12.7. The highest BCUT2D eigenvalue weighted by Crippen LogP contribution is 2.25. The Morgan fingerprint density at radius 2 is 2.00 bits per heavy atom. The molecule has 2 rings (SSSR count). The third kappa shape index (κ3) is 3.84. The summed E-state index contributed by atoms with van der Waals surface area (Å²) in [6.45, 7) is 6.11. The van der Waals surface area contributed by atoms with E-state index in [0.29, 0.717) is 32.8 Å². The second-order valence-corrected chi connectivity index (χ2v) is 7.83. The van der Waals surface area contributed by atoms with Crippen molar-refractivity contribution in [1.29, 1.82) is 0 Å². The fourth-order valence-electron chi connectivity index (χ4n) is 2.83. The van der Waals surface area contributed by atoms with Gasteiger partial charge in [-0.15, -0.1) is 12.4 Å². The third-order valence-corrected chi connectivity index (χ3v) is 5.90. The molecule has 2 saturated heterocycles. The highest BCUT2D eigenvalue weighted by molar-refractivity contribution is 7.86. The number of ether oxygens (including phenoxy) is 1. The monoisotopic (exact) mass is 327 g/mol. The van der Waals surface area contributed by atoms with Crippen LogP contribution >= 0.6 is 12.4 Å². The van der Waals surface area contributed by atoms with Crippen molar-refractivity contribution >= 4 is 22.6 Å².